The van der Waals surface area contributed by atoms with Crippen molar-refractivity contribution in [2.45, 2.75) is 183 Å². The number of para-hydroxylation sites is 1. The number of quaternary nitrogens is 1. The van der Waals surface area contributed by atoms with Gasteiger partial charge in [-0.1, -0.05) is 119 Å². The summed E-state index contributed by atoms with van der Waals surface area (Å²) in [5.41, 5.74) is 0.0283. The minimum absolute atomic E-state index is 0.00557. The number of thiophene rings is 2. The number of anilines is 1. The number of amides is 1. The number of carbonyl (C=O) groups is 7. The van der Waals surface area contributed by atoms with E-state index in [0.29, 0.717) is 110 Å². The number of alkyl halides is 2. The first kappa shape index (κ1) is 84.5. The van der Waals surface area contributed by atoms with Crippen molar-refractivity contribution < 1.29 is 91.3 Å². The molecule has 8 aliphatic rings. The van der Waals surface area contributed by atoms with E-state index in [0.717, 1.165) is 52.8 Å². The number of aryl methyl sites for hydroxylation is 2. The maximum absolute atomic E-state index is 13.6. The first-order valence-corrected chi connectivity index (χ1v) is 41.3. The number of hydrogen-bond donors (Lipinski definition) is 5. The highest BCUT2D eigenvalue weighted by atomic mass is 35.5. The molecule has 15 atom stereocenters. The Hall–Kier alpha value is -7.39. The van der Waals surface area contributed by atoms with Gasteiger partial charge in [0.25, 0.3) is 0 Å². The number of piperidine rings is 1. The number of aliphatic hydroxyl groups is 3. The highest BCUT2D eigenvalue weighted by Gasteiger charge is 2.77. The number of likely N-dealkylation sites (N-methyl/N-ethyl adjacent to an activating group) is 1. The molecular weight excluding hydrogens is 1500 g/mol. The number of fused-ring (bicyclic) bond motifs is 11. The van der Waals surface area contributed by atoms with Gasteiger partial charge >= 0.3 is 23.9 Å². The molecule has 6 aromatic rings. The van der Waals surface area contributed by atoms with Crippen LogP contribution >= 0.6 is 45.9 Å². The average Bonchev–Trinajstić information content (AvgIpc) is 1.61. The molecule has 14 rings (SSSR count). The van der Waals surface area contributed by atoms with Gasteiger partial charge in [0.05, 0.1) is 66.1 Å². The second-order valence-electron chi connectivity index (χ2n) is 31.9. The molecular formula is C86H106Cl2N3O18S2+. The van der Waals surface area contributed by atoms with Crippen LogP contribution in [-0.4, -0.2) is 185 Å². The molecule has 2 bridgehead atoms. The number of carbonyl (C=O) groups excluding carboxylic acids is 6. The quantitative estimate of drug-likeness (QED) is 0.0111. The highest BCUT2D eigenvalue weighted by molar-refractivity contribution is 7.12. The predicted molar refractivity (Wildman–Crippen MR) is 424 cm³/mol. The number of furan rings is 1. The summed E-state index contributed by atoms with van der Waals surface area (Å²) in [6, 6.07) is 36.7. The zero-order valence-electron chi connectivity index (χ0n) is 64.6. The summed E-state index contributed by atoms with van der Waals surface area (Å²) in [6.45, 7) is 13.2. The molecule has 0 radical (unpaired) electrons. The molecule has 5 unspecified atom stereocenters. The molecule has 25 heteroatoms. The second kappa shape index (κ2) is 36.0. The van der Waals surface area contributed by atoms with Crippen molar-refractivity contribution in [1.82, 2.24) is 5.32 Å². The van der Waals surface area contributed by atoms with E-state index in [1.54, 1.807) is 44.4 Å². The molecule has 4 aliphatic carbocycles. The van der Waals surface area contributed by atoms with E-state index in [9.17, 15) is 54.0 Å². The average molecular weight is 1600 g/mol. The summed E-state index contributed by atoms with van der Waals surface area (Å²) in [6.07, 6.45) is 12.8. The van der Waals surface area contributed by atoms with Gasteiger partial charge in [-0.2, -0.15) is 0 Å². The third-order valence-corrected chi connectivity index (χ3v) is 27.7. The van der Waals surface area contributed by atoms with Gasteiger partial charge in [0.15, 0.2) is 17.2 Å². The van der Waals surface area contributed by atoms with Gasteiger partial charge in [-0.15, -0.1) is 45.9 Å². The number of aliphatic carboxylic acids is 1. The number of ketones is 2. The molecule has 3 aromatic carbocycles. The molecule has 7 heterocycles. The Kier molecular flexibility index (Phi) is 27.4. The fraction of sp³-hybridized carbons (Fsp3) is 0.523. The molecule has 3 saturated heterocycles. The van der Waals surface area contributed by atoms with Gasteiger partial charge in [0.1, 0.15) is 55.4 Å². The molecule has 6 fully saturated rings. The maximum Gasteiger partial charge on any atom is 0.375 e. The summed E-state index contributed by atoms with van der Waals surface area (Å²) in [5.74, 6) is -4.34. The van der Waals surface area contributed by atoms with Crippen LogP contribution in [0.3, 0.4) is 0 Å². The molecule has 4 aliphatic heterocycles. The Morgan fingerprint density at radius 1 is 0.838 bits per heavy atom. The topological polar surface area (TPSA) is 287 Å². The zero-order chi connectivity index (χ0) is 79.8. The number of hydrogen-bond acceptors (Lipinski definition) is 20. The van der Waals surface area contributed by atoms with E-state index in [4.69, 9.17) is 56.0 Å². The second-order valence-corrected chi connectivity index (χ2v) is 34.6. The molecule has 21 nitrogen and oxygen atoms in total. The number of methoxy groups -OCH3 is 1. The lowest BCUT2D eigenvalue weighted by Gasteiger charge is -2.64. The number of ether oxygens (including phenoxy) is 6. The highest BCUT2D eigenvalue weighted by Crippen LogP contribution is 2.72. The van der Waals surface area contributed by atoms with E-state index in [2.05, 4.69) is 19.4 Å². The van der Waals surface area contributed by atoms with Crippen LogP contribution in [0.2, 0.25) is 0 Å². The van der Waals surface area contributed by atoms with Crippen LogP contribution in [0.5, 0.6) is 5.75 Å². The SMILES string of the molecule is CCOC(=O)[C@H](CCc1ccccc1)C[C@H]1CCc2ccccc2N(CC(=O)O)C1=O.COCCc1ccc(OCC(O)CNC(C)C)cc1.C[C@@H]1C[C@H]2[C@@H]3CCC4=CC(=O)C=C[C@]4(C)[C@@]3(Cl)[C@@H](O)C[C@]2(C)[C@@]1(OC(=O)c1ccco1)C(=O)CCl.C[N+]1(C)C2CC(OC(=O)C(O)(c3cccs3)c3cccs3)CC1C1OC12. The number of esters is 3. The van der Waals surface area contributed by atoms with Crippen molar-refractivity contribution >= 4 is 92.9 Å². The molecule has 1 amide bonds. The number of nitrogens with zero attached hydrogens (tertiary/aromatic N) is 2. The number of rotatable bonds is 26. The van der Waals surface area contributed by atoms with Crippen LogP contribution in [0, 0.1) is 40.4 Å². The predicted octanol–water partition coefficient (Wildman–Crippen LogP) is 12.7. The number of allylic oxidation sites excluding steroid dienone is 4. The van der Waals surface area contributed by atoms with Gasteiger partial charge in [-0.3, -0.25) is 24.0 Å². The molecule has 0 spiro atoms. The van der Waals surface area contributed by atoms with Crippen molar-refractivity contribution in [2.24, 2.45) is 40.4 Å². The Morgan fingerprint density at radius 3 is 2.12 bits per heavy atom. The van der Waals surface area contributed by atoms with Crippen molar-refractivity contribution in [3.8, 4) is 5.75 Å². The number of halogens is 2. The van der Waals surface area contributed by atoms with Gasteiger partial charge in [-0.25, -0.2) is 9.59 Å². The van der Waals surface area contributed by atoms with Crippen LogP contribution in [0.4, 0.5) is 5.69 Å². The van der Waals surface area contributed by atoms with Crippen molar-refractivity contribution in [1.29, 1.82) is 0 Å². The number of Topliss-reactive ketones (excluding diaryl/α,β-unsaturated/α-hetero) is 1. The number of carboxylic acids is 1. The largest absolute Gasteiger partial charge is 0.491 e. The molecule has 111 heavy (non-hydrogen) atoms. The fourth-order valence-electron chi connectivity index (χ4n) is 18.7. The number of morpholine rings is 1. The summed E-state index contributed by atoms with van der Waals surface area (Å²) in [7, 11) is 6.19. The molecule has 598 valence electrons. The van der Waals surface area contributed by atoms with Crippen LogP contribution < -0.4 is 15.0 Å². The van der Waals surface area contributed by atoms with Crippen LogP contribution in [0.25, 0.3) is 0 Å². The summed E-state index contributed by atoms with van der Waals surface area (Å²) >= 11 is 16.3. The Morgan fingerprint density at radius 2 is 1.50 bits per heavy atom. The zero-order valence-corrected chi connectivity index (χ0v) is 67.8. The number of carboxylic acid groups (broad SMARTS) is 1. The van der Waals surface area contributed by atoms with Crippen molar-refractivity contribution in [3.05, 3.63) is 188 Å². The van der Waals surface area contributed by atoms with E-state index in [-0.39, 0.29) is 78.5 Å². The lowest BCUT2D eigenvalue weighted by molar-refractivity contribution is -0.938. The third-order valence-electron chi connectivity index (χ3n) is 24.5. The number of aliphatic hydroxyl groups excluding tert-OH is 2. The van der Waals surface area contributed by atoms with Crippen LogP contribution in [-0.2, 0) is 77.3 Å². The van der Waals surface area contributed by atoms with Gasteiger partial charge < -0.3 is 68.0 Å². The van der Waals surface area contributed by atoms with E-state index >= 15 is 0 Å². The Bertz CT molecular complexity index is 4200. The Labute approximate surface area is 668 Å². The third kappa shape index (κ3) is 17.6. The van der Waals surface area contributed by atoms with Crippen molar-refractivity contribution in [2.75, 3.05) is 64.9 Å². The van der Waals surface area contributed by atoms with Crippen LogP contribution in [0.1, 0.15) is 136 Å². The summed E-state index contributed by atoms with van der Waals surface area (Å²) in [4.78, 5) is 90.9. The molecule has 3 saturated carbocycles. The minimum Gasteiger partial charge on any atom is -0.491 e. The van der Waals surface area contributed by atoms with Crippen LogP contribution in [0.15, 0.2) is 161 Å². The van der Waals surface area contributed by atoms with Gasteiger partial charge in [0.2, 0.25) is 17.3 Å². The summed E-state index contributed by atoms with van der Waals surface area (Å²) in [5, 5.41) is 49.1. The minimum atomic E-state index is -1.72. The van der Waals surface area contributed by atoms with Crippen molar-refractivity contribution in [3.63, 3.8) is 0 Å². The lowest BCUT2D eigenvalue weighted by atomic mass is 9.45. The van der Waals surface area contributed by atoms with E-state index < -0.39 is 68.9 Å². The maximum atomic E-state index is 13.6. The normalized spacial score (nSPS) is 28.9. The first-order chi connectivity index (χ1) is 53.0. The number of nitrogens with one attached hydrogen (secondary N) is 1. The molecule has 5 N–H and O–H groups in total. The number of benzene rings is 3. The van der Waals surface area contributed by atoms with E-state index in [1.807, 2.05) is 136 Å². The Balaban J connectivity index is 0.000000150. The number of epoxide rings is 1. The summed E-state index contributed by atoms with van der Waals surface area (Å²) < 4.78 is 39.8. The van der Waals surface area contributed by atoms with E-state index in [1.165, 1.54) is 51.5 Å². The van der Waals surface area contributed by atoms with Gasteiger partial charge in [0, 0.05) is 60.9 Å². The standard InChI is InChI=1S/C27H30Cl2O6.C25H29NO5.C19H22NO4S2.C15H25NO3/c1-15-11-19-18-7-6-16-12-17(30)8-9-24(16,2)26(18,29)21(31)13-25(19,3)27(15,22(32)14-28)35-23(33)20-5-4-10-34-20;1-2-31-25(30)21(13-12-18-8-4-3-5-9-18)16-20-15-14-19-10-6-7-11-22(19)26(24(20)29)17-23(27)28;1-20(2)12-9-11(10-13(20)17-16(12)24-17)23-18(21)19(22,14-5-3-7-25-14)15-6-4-8-26-15;1-12(2)16-10-14(17)11-19-15-6-4-13(5-7-15)8-9-18-3/h4-5,8-10,12,15,18-19,21,31H,6-7,11,13-14H2,1-3H3;3-11,20-21H,2,12-17H2,1H3,(H,27,28);3-8,11-13,16-17,22H,9-10H2,1-2H3;4-7,12,14,16-17H,8-11H2,1-3H3/q;;+1;/t15-,18+,19+,21+,24+,25+,26+,27+;20-,21-;;/m11../s1. The lowest BCUT2D eigenvalue weighted by Crippen LogP contribution is -2.69. The smallest absolute Gasteiger partial charge is 0.375 e. The fourth-order valence-corrected chi connectivity index (χ4v) is 21.2. The molecule has 3 aromatic heterocycles. The van der Waals surface area contributed by atoms with Gasteiger partial charge in [-0.05, 0) is 165 Å². The monoisotopic (exact) mass is 1600 g/mol. The first-order valence-electron chi connectivity index (χ1n) is 38.6.